The van der Waals surface area contributed by atoms with Crippen LogP contribution in [0.1, 0.15) is 0 Å². The van der Waals surface area contributed by atoms with Crippen LogP contribution in [0.15, 0.2) is 53.0 Å². The summed E-state index contributed by atoms with van der Waals surface area (Å²) in [6, 6.07) is 12.7. The summed E-state index contributed by atoms with van der Waals surface area (Å²) < 4.78 is 36.4. The zero-order valence-electron chi connectivity index (χ0n) is 18.3. The molecule has 0 bridgehead atoms. The SMILES string of the molecule is COP(=O)(OC)c1ccc(B(O)O)cc1.COP(OC)OC.OB(O)c1ccc(Br)cc1. The van der Waals surface area contributed by atoms with E-state index in [2.05, 4.69) is 29.5 Å². The van der Waals surface area contributed by atoms with Crippen LogP contribution in [0.3, 0.4) is 0 Å². The lowest BCUT2D eigenvalue weighted by Crippen LogP contribution is -2.30. The Labute approximate surface area is 198 Å². The summed E-state index contributed by atoms with van der Waals surface area (Å²) in [5, 5.41) is 35.4. The molecule has 2 rings (SSSR count). The molecule has 0 aromatic heterocycles. The number of benzene rings is 2. The van der Waals surface area contributed by atoms with E-state index in [0.717, 1.165) is 4.47 Å². The van der Waals surface area contributed by atoms with E-state index in [1.54, 1.807) is 45.6 Å². The Morgan fingerprint density at radius 3 is 1.31 bits per heavy atom. The highest BCUT2D eigenvalue weighted by Gasteiger charge is 2.24. The van der Waals surface area contributed by atoms with Crippen molar-refractivity contribution < 1.29 is 47.3 Å². The normalized spacial score (nSPS) is 10.6. The van der Waals surface area contributed by atoms with Gasteiger partial charge in [-0.2, -0.15) is 0 Å². The zero-order chi connectivity index (χ0) is 24.7. The van der Waals surface area contributed by atoms with Gasteiger partial charge in [0.2, 0.25) is 0 Å². The molecule has 0 spiro atoms. The van der Waals surface area contributed by atoms with Crippen molar-refractivity contribution in [3.05, 3.63) is 53.0 Å². The van der Waals surface area contributed by atoms with Crippen molar-refractivity contribution in [3.63, 3.8) is 0 Å². The molecule has 2 aromatic rings. The minimum atomic E-state index is -3.25. The van der Waals surface area contributed by atoms with Gasteiger partial charge in [0, 0.05) is 40.0 Å². The smallest absolute Gasteiger partial charge is 0.423 e. The molecule has 32 heavy (non-hydrogen) atoms. The lowest BCUT2D eigenvalue weighted by atomic mass is 9.81. The van der Waals surface area contributed by atoms with E-state index < -0.39 is 30.4 Å². The summed E-state index contributed by atoms with van der Waals surface area (Å²) in [6.45, 7) is 0. The van der Waals surface area contributed by atoms with E-state index in [1.165, 1.54) is 38.5 Å². The molecule has 0 aliphatic rings. The van der Waals surface area contributed by atoms with E-state index in [1.807, 2.05) is 0 Å². The van der Waals surface area contributed by atoms with E-state index in [0.29, 0.717) is 16.2 Å². The van der Waals surface area contributed by atoms with Gasteiger partial charge in [0.1, 0.15) is 0 Å². The fourth-order valence-corrected chi connectivity index (χ4v) is 3.77. The molecule has 0 aliphatic heterocycles. The summed E-state index contributed by atoms with van der Waals surface area (Å²) in [6.07, 6.45) is 0. The second kappa shape index (κ2) is 16.9. The molecule has 0 saturated heterocycles. The van der Waals surface area contributed by atoms with Gasteiger partial charge in [-0.3, -0.25) is 4.57 Å². The van der Waals surface area contributed by atoms with Gasteiger partial charge in [-0.1, -0.05) is 40.2 Å². The van der Waals surface area contributed by atoms with E-state index in [9.17, 15) is 4.57 Å². The van der Waals surface area contributed by atoms with Crippen LogP contribution in [0.25, 0.3) is 0 Å². The van der Waals surface area contributed by atoms with Crippen molar-refractivity contribution in [3.8, 4) is 0 Å². The molecular formula is C17H27B2BrO10P2. The molecule has 2 aromatic carbocycles. The van der Waals surface area contributed by atoms with Crippen molar-refractivity contribution in [1.82, 2.24) is 0 Å². The van der Waals surface area contributed by atoms with Gasteiger partial charge in [-0.15, -0.1) is 0 Å². The fourth-order valence-electron chi connectivity index (χ4n) is 1.97. The molecule has 10 nitrogen and oxygen atoms in total. The second-order valence-electron chi connectivity index (χ2n) is 5.52. The summed E-state index contributed by atoms with van der Waals surface area (Å²) in [5.41, 5.74) is 0.820. The maximum absolute atomic E-state index is 11.9. The molecule has 0 radical (unpaired) electrons. The Morgan fingerprint density at radius 1 is 0.719 bits per heavy atom. The number of halogens is 1. The Bertz CT molecular complexity index is 779. The predicted octanol–water partition coefficient (Wildman–Crippen LogP) is 0.759. The Morgan fingerprint density at radius 2 is 1.06 bits per heavy atom. The average molecular weight is 555 g/mol. The van der Waals surface area contributed by atoms with Gasteiger partial charge in [0.05, 0.1) is 5.30 Å². The van der Waals surface area contributed by atoms with Crippen molar-refractivity contribution in [1.29, 1.82) is 0 Å². The third kappa shape index (κ3) is 11.5. The zero-order valence-corrected chi connectivity index (χ0v) is 21.7. The highest BCUT2D eigenvalue weighted by molar-refractivity contribution is 9.10. The predicted molar refractivity (Wildman–Crippen MR) is 129 cm³/mol. The fraction of sp³-hybridized carbons (Fsp3) is 0.294. The van der Waals surface area contributed by atoms with Crippen molar-refractivity contribution in [2.24, 2.45) is 0 Å². The lowest BCUT2D eigenvalue weighted by Gasteiger charge is -2.13. The molecule has 0 unspecified atom stereocenters. The highest BCUT2D eigenvalue weighted by atomic mass is 79.9. The van der Waals surface area contributed by atoms with Crippen molar-refractivity contribution in [2.75, 3.05) is 35.5 Å². The van der Waals surface area contributed by atoms with Gasteiger partial charge in [-0.05, 0) is 35.2 Å². The van der Waals surface area contributed by atoms with Crippen LogP contribution in [-0.2, 0) is 27.2 Å². The van der Waals surface area contributed by atoms with E-state index in [4.69, 9.17) is 29.1 Å². The van der Waals surface area contributed by atoms with Gasteiger partial charge in [-0.25, -0.2) is 0 Å². The van der Waals surface area contributed by atoms with Crippen LogP contribution < -0.4 is 16.2 Å². The first kappa shape index (κ1) is 31.3. The minimum absolute atomic E-state index is 0.317. The molecule has 0 saturated carbocycles. The molecule has 0 aliphatic carbocycles. The standard InChI is InChI=1S/C8H12BO5P.C6H6BBrO2.C3H9O3P/c1-13-15(12,14-2)8-5-3-7(4-6-8)9(10)11;8-6-3-1-5(2-4-6)7(9)10;1-4-7(5-2)6-3/h3-6,10-11H,1-2H3;1-4,9-10H;1-3H3. The monoisotopic (exact) mass is 554 g/mol. The van der Waals surface area contributed by atoms with E-state index >= 15 is 0 Å². The Kier molecular flexibility index (Phi) is 16.5. The van der Waals surface area contributed by atoms with Crippen LogP contribution in [0, 0.1) is 0 Å². The van der Waals surface area contributed by atoms with Crippen LogP contribution >= 0.6 is 32.1 Å². The van der Waals surface area contributed by atoms with E-state index in [-0.39, 0.29) is 0 Å². The molecular weight excluding hydrogens is 528 g/mol. The third-order valence-electron chi connectivity index (χ3n) is 3.60. The number of hydrogen-bond donors (Lipinski definition) is 4. The van der Waals surface area contributed by atoms with Crippen LogP contribution in [0.5, 0.6) is 0 Å². The Hall–Kier alpha value is -0.650. The second-order valence-corrected chi connectivity index (χ2v) is 10.2. The number of hydrogen-bond acceptors (Lipinski definition) is 10. The first-order valence-corrected chi connectivity index (χ1v) is 12.2. The summed E-state index contributed by atoms with van der Waals surface area (Å²) in [4.78, 5) is 0. The third-order valence-corrected chi connectivity index (χ3v) is 6.92. The quantitative estimate of drug-likeness (QED) is 0.273. The molecule has 178 valence electrons. The molecule has 0 fully saturated rings. The first-order chi connectivity index (χ1) is 15.1. The topological polar surface area (TPSA) is 144 Å². The van der Waals surface area contributed by atoms with Crippen LogP contribution in [0.2, 0.25) is 0 Å². The molecule has 4 N–H and O–H groups in total. The van der Waals surface area contributed by atoms with Gasteiger partial charge < -0.3 is 42.7 Å². The van der Waals surface area contributed by atoms with Gasteiger partial charge in [0.15, 0.2) is 0 Å². The van der Waals surface area contributed by atoms with Gasteiger partial charge >= 0.3 is 30.4 Å². The summed E-state index contributed by atoms with van der Waals surface area (Å²) >= 11 is 3.23. The molecule has 0 amide bonds. The van der Waals surface area contributed by atoms with Crippen molar-refractivity contribution >= 4 is 62.6 Å². The van der Waals surface area contributed by atoms with Crippen molar-refractivity contribution in [2.45, 2.75) is 0 Å². The minimum Gasteiger partial charge on any atom is -0.423 e. The van der Waals surface area contributed by atoms with Gasteiger partial charge in [0.25, 0.3) is 0 Å². The summed E-state index contributed by atoms with van der Waals surface area (Å²) in [7, 11) is -0.00411. The molecule has 0 atom stereocenters. The average Bonchev–Trinajstić information content (AvgIpc) is 2.81. The molecule has 15 heteroatoms. The highest BCUT2D eigenvalue weighted by Crippen LogP contribution is 2.44. The maximum atomic E-state index is 11.9. The lowest BCUT2D eigenvalue weighted by molar-refractivity contribution is 0.239. The Balaban J connectivity index is 0.000000489. The van der Waals surface area contributed by atoms with Crippen LogP contribution in [-0.4, -0.2) is 69.9 Å². The maximum Gasteiger partial charge on any atom is 0.488 e. The largest absolute Gasteiger partial charge is 0.488 e. The van der Waals surface area contributed by atoms with Crippen LogP contribution in [0.4, 0.5) is 0 Å². The number of rotatable bonds is 8. The first-order valence-electron chi connectivity index (χ1n) is 8.80. The summed E-state index contributed by atoms with van der Waals surface area (Å²) in [5.74, 6) is 0. The molecule has 0 heterocycles.